The first-order chi connectivity index (χ1) is 8.26. The minimum absolute atomic E-state index is 0.282. The lowest BCUT2D eigenvalue weighted by molar-refractivity contribution is 0.607. The van der Waals surface area contributed by atoms with Crippen molar-refractivity contribution in [3.05, 3.63) is 17.5 Å². The molecular weight excluding hydrogens is 234 g/mol. The van der Waals surface area contributed by atoms with E-state index in [4.69, 9.17) is 0 Å². The van der Waals surface area contributed by atoms with Crippen LogP contribution in [0.25, 0.3) is 0 Å². The van der Waals surface area contributed by atoms with Crippen molar-refractivity contribution < 1.29 is 4.21 Å². The van der Waals surface area contributed by atoms with Gasteiger partial charge >= 0.3 is 11.9 Å². The van der Waals surface area contributed by atoms with Crippen LogP contribution < -0.4 is 4.72 Å². The van der Waals surface area contributed by atoms with Crippen molar-refractivity contribution in [2.75, 3.05) is 4.72 Å². The Morgan fingerprint density at radius 3 is 2.71 bits per heavy atom. The van der Waals surface area contributed by atoms with Gasteiger partial charge < -0.3 is 0 Å². The van der Waals surface area contributed by atoms with Crippen LogP contribution in [0.3, 0.4) is 0 Å². The first-order valence-electron chi connectivity index (χ1n) is 6.15. The molecule has 5 heteroatoms. The molecule has 0 atom stereocenters. The number of hydrogen-bond donors (Lipinski definition) is 1. The Balaban J connectivity index is 2.44. The number of aromatic nitrogens is 2. The summed E-state index contributed by atoms with van der Waals surface area (Å²) in [6.45, 7) is 4.13. The summed E-state index contributed by atoms with van der Waals surface area (Å²) in [5.74, 6) is 0.425. The molecule has 4 nitrogen and oxygen atoms in total. The summed E-state index contributed by atoms with van der Waals surface area (Å²) < 4.78 is 12.9. The van der Waals surface area contributed by atoms with Crippen molar-refractivity contribution in [2.45, 2.75) is 52.4 Å². The SMILES string of the molecule is CCCCCCCc1cc(C)nc(N[S+]=O)n1. The largest absolute Gasteiger partial charge is 0.627 e. The molecule has 0 radical (unpaired) electrons. The first kappa shape index (κ1) is 14.0. The maximum atomic E-state index is 10.4. The Morgan fingerprint density at radius 2 is 2.00 bits per heavy atom. The van der Waals surface area contributed by atoms with Crippen molar-refractivity contribution in [2.24, 2.45) is 0 Å². The van der Waals surface area contributed by atoms with Crippen LogP contribution >= 0.6 is 0 Å². The lowest BCUT2D eigenvalue weighted by Gasteiger charge is -2.02. The lowest BCUT2D eigenvalue weighted by atomic mass is 10.1. The Morgan fingerprint density at radius 1 is 1.24 bits per heavy atom. The summed E-state index contributed by atoms with van der Waals surface area (Å²) >= 11 is 0.282. The highest BCUT2D eigenvalue weighted by Gasteiger charge is 2.06. The Kier molecular flexibility index (Phi) is 6.62. The van der Waals surface area contributed by atoms with Gasteiger partial charge in [-0.05, 0) is 25.8 Å². The van der Waals surface area contributed by atoms with E-state index in [9.17, 15) is 4.21 Å². The van der Waals surface area contributed by atoms with Crippen LogP contribution in [0.5, 0.6) is 0 Å². The summed E-state index contributed by atoms with van der Waals surface area (Å²) in [7, 11) is 0. The predicted octanol–water partition coefficient (Wildman–Crippen LogP) is 3.05. The molecule has 0 unspecified atom stereocenters. The van der Waals surface area contributed by atoms with Crippen molar-refractivity contribution in [3.63, 3.8) is 0 Å². The molecule has 0 aliphatic rings. The molecule has 1 heterocycles. The summed E-state index contributed by atoms with van der Waals surface area (Å²) in [5, 5.41) is 0. The Bertz CT molecular complexity index is 358. The van der Waals surface area contributed by atoms with Crippen LogP contribution in [0.2, 0.25) is 0 Å². The van der Waals surface area contributed by atoms with E-state index in [1.54, 1.807) is 0 Å². The van der Waals surface area contributed by atoms with Crippen molar-refractivity contribution in [1.29, 1.82) is 0 Å². The average molecular weight is 254 g/mol. The molecule has 1 rings (SSSR count). The molecule has 17 heavy (non-hydrogen) atoms. The van der Waals surface area contributed by atoms with E-state index in [0.29, 0.717) is 5.95 Å². The molecule has 0 bridgehead atoms. The maximum Gasteiger partial charge on any atom is 0.627 e. The second-order valence-electron chi connectivity index (χ2n) is 4.17. The number of hydrogen-bond acceptors (Lipinski definition) is 3. The molecule has 0 aliphatic heterocycles. The zero-order chi connectivity index (χ0) is 12.5. The van der Waals surface area contributed by atoms with E-state index in [-0.39, 0.29) is 11.9 Å². The molecule has 0 fully saturated rings. The molecule has 1 aromatic heterocycles. The molecule has 0 amide bonds. The van der Waals surface area contributed by atoms with E-state index in [1.807, 2.05) is 13.0 Å². The number of nitrogens with zero attached hydrogens (tertiary/aromatic N) is 2. The van der Waals surface area contributed by atoms with E-state index in [1.165, 1.54) is 25.7 Å². The number of rotatable bonds is 8. The van der Waals surface area contributed by atoms with Gasteiger partial charge in [0.15, 0.2) is 0 Å². The monoisotopic (exact) mass is 254 g/mol. The molecule has 1 N–H and O–H groups in total. The Labute approximate surface area is 107 Å². The maximum absolute atomic E-state index is 10.4. The normalized spacial score (nSPS) is 10.2. The minimum Gasteiger partial charge on any atom is -0.215 e. The first-order valence-corrected chi connectivity index (χ1v) is 6.89. The van der Waals surface area contributed by atoms with Gasteiger partial charge in [0, 0.05) is 11.4 Å². The lowest BCUT2D eigenvalue weighted by Crippen LogP contribution is -2.02. The van der Waals surface area contributed by atoms with Crippen molar-refractivity contribution in [1.82, 2.24) is 9.97 Å². The fraction of sp³-hybridized carbons (Fsp3) is 0.667. The van der Waals surface area contributed by atoms with Gasteiger partial charge in [0.25, 0.3) is 5.95 Å². The van der Waals surface area contributed by atoms with Crippen LogP contribution in [0.4, 0.5) is 5.95 Å². The van der Waals surface area contributed by atoms with Gasteiger partial charge in [0.05, 0.1) is 4.21 Å². The standard InChI is InChI=1S/C12H20N3OS/c1-3-4-5-6-7-8-11-9-10(2)13-12(14-11)15-17-16/h9H,3-8H2,1-2H3,(H,13,14,15,16)/q+1. The van der Waals surface area contributed by atoms with Gasteiger partial charge in [-0.1, -0.05) is 37.3 Å². The predicted molar refractivity (Wildman–Crippen MR) is 70.9 cm³/mol. The number of anilines is 1. The van der Waals surface area contributed by atoms with Gasteiger partial charge in [-0.3, -0.25) is 0 Å². The zero-order valence-electron chi connectivity index (χ0n) is 10.5. The molecule has 94 valence electrons. The van der Waals surface area contributed by atoms with Crippen LogP contribution in [0, 0.1) is 6.92 Å². The van der Waals surface area contributed by atoms with Crippen LogP contribution in [0.15, 0.2) is 6.07 Å². The fourth-order valence-corrected chi connectivity index (χ4v) is 1.92. The second-order valence-corrected chi connectivity index (χ2v) is 4.54. The minimum atomic E-state index is 0.282. The molecule has 0 saturated heterocycles. The molecule has 0 aliphatic carbocycles. The second kappa shape index (κ2) is 8.06. The van der Waals surface area contributed by atoms with Crippen LogP contribution in [-0.4, -0.2) is 9.97 Å². The molecule has 0 saturated carbocycles. The molecule has 1 aromatic rings. The van der Waals surface area contributed by atoms with Crippen LogP contribution in [-0.2, 0) is 22.5 Å². The third-order valence-corrected chi connectivity index (χ3v) is 2.84. The number of nitrogens with one attached hydrogen (secondary N) is 1. The highest BCUT2D eigenvalue weighted by molar-refractivity contribution is 7.67. The highest BCUT2D eigenvalue weighted by atomic mass is 32.2. The topological polar surface area (TPSA) is 54.9 Å². The quantitative estimate of drug-likeness (QED) is 0.440. The fourth-order valence-electron chi connectivity index (χ4n) is 1.75. The molecular formula is C12H20N3OS+. The van der Waals surface area contributed by atoms with E-state index in [0.717, 1.165) is 24.2 Å². The number of unbranched alkanes of at least 4 members (excludes halogenated alkanes) is 4. The van der Waals surface area contributed by atoms with Gasteiger partial charge in [-0.2, -0.15) is 0 Å². The van der Waals surface area contributed by atoms with E-state index < -0.39 is 0 Å². The Hall–Kier alpha value is -1.10. The van der Waals surface area contributed by atoms with E-state index in [2.05, 4.69) is 21.6 Å². The third kappa shape index (κ3) is 5.68. The third-order valence-electron chi connectivity index (χ3n) is 2.58. The van der Waals surface area contributed by atoms with Gasteiger partial charge in [-0.15, -0.1) is 0 Å². The molecule has 0 aromatic carbocycles. The summed E-state index contributed by atoms with van der Waals surface area (Å²) in [5.41, 5.74) is 1.92. The summed E-state index contributed by atoms with van der Waals surface area (Å²) in [4.78, 5) is 8.44. The zero-order valence-corrected chi connectivity index (χ0v) is 11.3. The molecule has 0 spiro atoms. The van der Waals surface area contributed by atoms with Gasteiger partial charge in [0.2, 0.25) is 0 Å². The summed E-state index contributed by atoms with van der Waals surface area (Å²) in [6, 6.07) is 1.99. The van der Waals surface area contributed by atoms with Gasteiger partial charge in [0.1, 0.15) is 0 Å². The average Bonchev–Trinajstić information content (AvgIpc) is 2.28. The smallest absolute Gasteiger partial charge is 0.215 e. The highest BCUT2D eigenvalue weighted by Crippen LogP contribution is 2.10. The number of aryl methyl sites for hydroxylation is 2. The van der Waals surface area contributed by atoms with Crippen molar-refractivity contribution in [3.8, 4) is 0 Å². The van der Waals surface area contributed by atoms with Crippen molar-refractivity contribution >= 4 is 17.8 Å². The van der Waals surface area contributed by atoms with Crippen LogP contribution in [0.1, 0.15) is 50.4 Å². The summed E-state index contributed by atoms with van der Waals surface area (Å²) in [6.07, 6.45) is 7.23. The van der Waals surface area contributed by atoms with Gasteiger partial charge in [-0.25, -0.2) is 9.97 Å². The van der Waals surface area contributed by atoms with E-state index >= 15 is 0 Å².